The van der Waals surface area contributed by atoms with Crippen LogP contribution in [-0.4, -0.2) is 23.7 Å². The third kappa shape index (κ3) is 4.95. The fraction of sp³-hybridized carbons (Fsp3) is 0.188. The van der Waals surface area contributed by atoms with Gasteiger partial charge in [-0.1, -0.05) is 12.1 Å². The van der Waals surface area contributed by atoms with Crippen LogP contribution in [0.15, 0.2) is 42.5 Å². The van der Waals surface area contributed by atoms with E-state index in [1.807, 2.05) is 0 Å². The standard InChI is InChI=1S/C16H15FN2O4S/c1-23-15-6-5-11(7-14(15)19(21)22)9-24-10-16(20)18-13-4-2-3-12(17)8-13/h2-8H,9-10H2,1H3,(H,18,20). The van der Waals surface area contributed by atoms with E-state index in [1.54, 1.807) is 12.1 Å². The lowest BCUT2D eigenvalue weighted by Gasteiger charge is -2.06. The van der Waals surface area contributed by atoms with E-state index < -0.39 is 10.7 Å². The second-order valence-electron chi connectivity index (χ2n) is 4.81. The number of nitro groups is 1. The summed E-state index contributed by atoms with van der Waals surface area (Å²) in [6.07, 6.45) is 0. The number of anilines is 1. The summed E-state index contributed by atoms with van der Waals surface area (Å²) in [5.41, 5.74) is 0.992. The topological polar surface area (TPSA) is 81.5 Å². The van der Waals surface area contributed by atoms with Crippen molar-refractivity contribution < 1.29 is 18.8 Å². The third-order valence-corrected chi connectivity index (χ3v) is 4.05. The monoisotopic (exact) mass is 350 g/mol. The summed E-state index contributed by atoms with van der Waals surface area (Å²) in [5.74, 6) is 0.0785. The van der Waals surface area contributed by atoms with Crippen molar-refractivity contribution in [2.24, 2.45) is 0 Å². The van der Waals surface area contributed by atoms with Gasteiger partial charge in [0.2, 0.25) is 5.91 Å². The van der Waals surface area contributed by atoms with Crippen molar-refractivity contribution in [2.45, 2.75) is 5.75 Å². The molecule has 0 aliphatic heterocycles. The van der Waals surface area contributed by atoms with Crippen LogP contribution in [-0.2, 0) is 10.5 Å². The zero-order valence-corrected chi connectivity index (χ0v) is 13.6. The molecule has 0 aromatic heterocycles. The number of hydrogen-bond acceptors (Lipinski definition) is 5. The van der Waals surface area contributed by atoms with Crippen molar-refractivity contribution in [1.29, 1.82) is 0 Å². The Balaban J connectivity index is 1.88. The van der Waals surface area contributed by atoms with E-state index in [9.17, 15) is 19.3 Å². The minimum Gasteiger partial charge on any atom is -0.490 e. The Morgan fingerprint density at radius 1 is 1.33 bits per heavy atom. The number of ether oxygens (including phenoxy) is 1. The highest BCUT2D eigenvalue weighted by Gasteiger charge is 2.15. The molecular weight excluding hydrogens is 335 g/mol. The number of methoxy groups -OCH3 is 1. The number of halogens is 1. The van der Waals surface area contributed by atoms with Crippen LogP contribution in [0.1, 0.15) is 5.56 Å². The summed E-state index contributed by atoms with van der Waals surface area (Å²) in [6.45, 7) is 0. The molecule has 1 amide bonds. The molecule has 0 unspecified atom stereocenters. The van der Waals surface area contributed by atoms with E-state index in [2.05, 4.69) is 5.32 Å². The summed E-state index contributed by atoms with van der Waals surface area (Å²) < 4.78 is 18.0. The van der Waals surface area contributed by atoms with Crippen LogP contribution in [0.2, 0.25) is 0 Å². The third-order valence-electron chi connectivity index (χ3n) is 3.05. The highest BCUT2D eigenvalue weighted by Crippen LogP contribution is 2.29. The Hall–Kier alpha value is -2.61. The molecule has 8 heteroatoms. The fourth-order valence-corrected chi connectivity index (χ4v) is 2.77. The summed E-state index contributed by atoms with van der Waals surface area (Å²) >= 11 is 1.30. The number of hydrogen-bond donors (Lipinski definition) is 1. The minimum absolute atomic E-state index is 0.111. The first kappa shape index (κ1) is 17.7. The van der Waals surface area contributed by atoms with Crippen molar-refractivity contribution >= 4 is 29.0 Å². The Labute approximate surface area is 142 Å². The molecule has 2 aromatic rings. The van der Waals surface area contributed by atoms with Crippen LogP contribution in [0.4, 0.5) is 15.8 Å². The number of thioether (sulfide) groups is 1. The zero-order valence-electron chi connectivity index (χ0n) is 12.8. The maximum Gasteiger partial charge on any atom is 0.311 e. The van der Waals surface area contributed by atoms with Gasteiger partial charge in [-0.25, -0.2) is 4.39 Å². The molecule has 2 rings (SSSR count). The molecule has 0 radical (unpaired) electrons. The first-order chi connectivity index (χ1) is 11.5. The van der Waals surface area contributed by atoms with Gasteiger partial charge in [0.1, 0.15) is 5.82 Å². The van der Waals surface area contributed by atoms with Gasteiger partial charge in [-0.2, -0.15) is 0 Å². The summed E-state index contributed by atoms with van der Waals surface area (Å²) in [6, 6.07) is 10.3. The molecule has 0 aliphatic carbocycles. The van der Waals surface area contributed by atoms with Crippen molar-refractivity contribution in [3.8, 4) is 5.75 Å². The van der Waals surface area contributed by atoms with Gasteiger partial charge in [0, 0.05) is 17.5 Å². The van der Waals surface area contributed by atoms with E-state index in [0.29, 0.717) is 17.0 Å². The summed E-state index contributed by atoms with van der Waals surface area (Å²) in [4.78, 5) is 22.3. The number of nitrogens with one attached hydrogen (secondary N) is 1. The Kier molecular flexibility index (Phi) is 6.14. The van der Waals surface area contributed by atoms with Gasteiger partial charge in [0.25, 0.3) is 0 Å². The Morgan fingerprint density at radius 3 is 2.79 bits per heavy atom. The predicted molar refractivity (Wildman–Crippen MR) is 90.8 cm³/mol. The van der Waals surface area contributed by atoms with Crippen LogP contribution in [0.25, 0.3) is 0 Å². The molecule has 0 atom stereocenters. The quantitative estimate of drug-likeness (QED) is 0.609. The summed E-state index contributed by atoms with van der Waals surface area (Å²) in [7, 11) is 1.37. The maximum atomic E-state index is 13.0. The molecule has 0 spiro atoms. The Morgan fingerprint density at radius 2 is 2.12 bits per heavy atom. The van der Waals surface area contributed by atoms with Crippen LogP contribution in [0.5, 0.6) is 5.75 Å². The SMILES string of the molecule is COc1ccc(CSCC(=O)Nc2cccc(F)c2)cc1[N+](=O)[O-]. The second kappa shape index (κ2) is 8.30. The fourth-order valence-electron chi connectivity index (χ4n) is 1.99. The molecule has 0 fully saturated rings. The largest absolute Gasteiger partial charge is 0.490 e. The molecule has 0 aliphatic rings. The molecule has 6 nitrogen and oxygen atoms in total. The van der Waals surface area contributed by atoms with Crippen molar-refractivity contribution in [2.75, 3.05) is 18.2 Å². The van der Waals surface area contributed by atoms with E-state index in [0.717, 1.165) is 0 Å². The molecule has 0 heterocycles. The first-order valence-electron chi connectivity index (χ1n) is 6.94. The van der Waals surface area contributed by atoms with Crippen LogP contribution >= 0.6 is 11.8 Å². The number of carbonyl (C=O) groups is 1. The highest BCUT2D eigenvalue weighted by molar-refractivity contribution is 7.99. The van der Waals surface area contributed by atoms with Crippen molar-refractivity contribution in [3.63, 3.8) is 0 Å². The second-order valence-corrected chi connectivity index (χ2v) is 5.80. The number of nitro benzene ring substituents is 1. The summed E-state index contributed by atoms with van der Waals surface area (Å²) in [5, 5.41) is 13.6. The van der Waals surface area contributed by atoms with Gasteiger partial charge in [0.05, 0.1) is 17.8 Å². The predicted octanol–water partition coefficient (Wildman–Crippen LogP) is 3.61. The number of benzene rings is 2. The molecule has 1 N–H and O–H groups in total. The van der Waals surface area contributed by atoms with Gasteiger partial charge in [-0.3, -0.25) is 14.9 Å². The number of nitrogens with zero attached hydrogens (tertiary/aromatic N) is 1. The number of amides is 1. The smallest absolute Gasteiger partial charge is 0.311 e. The van der Waals surface area contributed by atoms with Crippen LogP contribution < -0.4 is 10.1 Å². The molecular formula is C16H15FN2O4S. The number of carbonyl (C=O) groups excluding carboxylic acids is 1. The molecule has 126 valence electrons. The van der Waals surface area contributed by atoms with Crippen molar-refractivity contribution in [3.05, 3.63) is 64.0 Å². The van der Waals surface area contributed by atoms with Gasteiger partial charge in [0.15, 0.2) is 5.75 Å². The average Bonchev–Trinajstić information content (AvgIpc) is 2.54. The van der Waals surface area contributed by atoms with E-state index in [-0.39, 0.29) is 23.1 Å². The molecule has 0 saturated carbocycles. The van der Waals surface area contributed by atoms with Crippen molar-refractivity contribution in [1.82, 2.24) is 0 Å². The normalized spacial score (nSPS) is 10.2. The Bertz CT molecular complexity index is 755. The van der Waals surface area contributed by atoms with Gasteiger partial charge in [-0.15, -0.1) is 11.8 Å². The minimum atomic E-state index is -0.510. The van der Waals surface area contributed by atoms with Crippen LogP contribution in [0, 0.1) is 15.9 Å². The van der Waals surface area contributed by atoms with Gasteiger partial charge < -0.3 is 10.1 Å². The number of rotatable bonds is 7. The lowest BCUT2D eigenvalue weighted by molar-refractivity contribution is -0.385. The highest BCUT2D eigenvalue weighted by atomic mass is 32.2. The van der Waals surface area contributed by atoms with E-state index >= 15 is 0 Å². The molecule has 2 aromatic carbocycles. The maximum absolute atomic E-state index is 13.0. The first-order valence-corrected chi connectivity index (χ1v) is 8.09. The van der Waals surface area contributed by atoms with E-state index in [1.165, 1.54) is 49.2 Å². The lowest BCUT2D eigenvalue weighted by atomic mass is 10.2. The lowest BCUT2D eigenvalue weighted by Crippen LogP contribution is -2.14. The van der Waals surface area contributed by atoms with Crippen LogP contribution in [0.3, 0.4) is 0 Å². The average molecular weight is 350 g/mol. The molecule has 0 saturated heterocycles. The molecule has 0 bridgehead atoms. The van der Waals surface area contributed by atoms with E-state index in [4.69, 9.17) is 4.74 Å². The van der Waals surface area contributed by atoms with Gasteiger partial charge >= 0.3 is 5.69 Å². The zero-order chi connectivity index (χ0) is 17.5. The molecule has 24 heavy (non-hydrogen) atoms. The van der Waals surface area contributed by atoms with Gasteiger partial charge in [-0.05, 0) is 29.8 Å².